The quantitative estimate of drug-likeness (QED) is 0.192. The molecule has 306 valence electrons. The second kappa shape index (κ2) is 16.6. The summed E-state index contributed by atoms with van der Waals surface area (Å²) in [5.74, 6) is -0.429. The van der Waals surface area contributed by atoms with Gasteiger partial charge >= 0.3 is 12.2 Å². The molecule has 0 saturated heterocycles. The molecular formula is C41H50N4O9S3. The molecule has 3 heterocycles. The van der Waals surface area contributed by atoms with Gasteiger partial charge in [-0.2, -0.15) is 12.7 Å². The summed E-state index contributed by atoms with van der Waals surface area (Å²) >= 11 is 0.945. The normalized spacial score (nSPS) is 16.5. The summed E-state index contributed by atoms with van der Waals surface area (Å²) in [4.78, 5) is 37.3. The fraction of sp³-hybridized carbons (Fsp3) is 0.415. The lowest BCUT2D eigenvalue weighted by Gasteiger charge is -2.27. The highest BCUT2D eigenvalue weighted by molar-refractivity contribution is 7.94. The molecule has 1 aliphatic rings. The van der Waals surface area contributed by atoms with Crippen molar-refractivity contribution in [3.63, 3.8) is 0 Å². The van der Waals surface area contributed by atoms with Crippen molar-refractivity contribution in [1.29, 1.82) is 0 Å². The molecule has 0 fully saturated rings. The van der Waals surface area contributed by atoms with Gasteiger partial charge in [-0.05, 0) is 102 Å². The van der Waals surface area contributed by atoms with Crippen molar-refractivity contribution in [3.05, 3.63) is 78.4 Å². The average Bonchev–Trinajstić information content (AvgIpc) is 3.50. The summed E-state index contributed by atoms with van der Waals surface area (Å²) in [6, 6.07) is 18.2. The molecule has 4 aromatic rings. The first-order chi connectivity index (χ1) is 26.5. The molecule has 2 amide bonds. The standard InChI is InChI=1S/C41H50N4O9S3/c1-39(2,3)24-25-52-30-20-15-19-29(27-30)35-34-31-21-13-12-18-28(31)17-11-10-14-26-56(48,49)44(37(46)53-40(4,5)6)32-22-16-23-33(42-32)57(50,51)45(36(43-34)55-35)38(47)54-41(7,8)9/h11-13,15-23,27H,10,14,24-26H2,1-9H3/b17-11+. The van der Waals surface area contributed by atoms with Crippen molar-refractivity contribution in [2.24, 2.45) is 5.41 Å². The van der Waals surface area contributed by atoms with E-state index in [1.54, 1.807) is 41.5 Å². The van der Waals surface area contributed by atoms with Crippen LogP contribution in [0.5, 0.6) is 5.75 Å². The highest BCUT2D eigenvalue weighted by Gasteiger charge is 2.41. The zero-order chi connectivity index (χ0) is 42.0. The number of nitrogens with zero attached hydrogens (tertiary/aromatic N) is 4. The molecule has 13 nitrogen and oxygen atoms in total. The van der Waals surface area contributed by atoms with E-state index in [0.29, 0.717) is 54.6 Å². The van der Waals surface area contributed by atoms with Crippen LogP contribution in [0.15, 0.2) is 77.8 Å². The lowest BCUT2D eigenvalue weighted by molar-refractivity contribution is 0.0595. The molecule has 4 bridgehead atoms. The number of pyridine rings is 1. The van der Waals surface area contributed by atoms with Gasteiger partial charge in [-0.1, -0.05) is 86.7 Å². The summed E-state index contributed by atoms with van der Waals surface area (Å²) < 4.78 is 75.4. The van der Waals surface area contributed by atoms with Gasteiger partial charge in [0.05, 0.1) is 22.9 Å². The number of hydrogen-bond donors (Lipinski definition) is 0. The van der Waals surface area contributed by atoms with Crippen LogP contribution in [0.4, 0.5) is 20.5 Å². The van der Waals surface area contributed by atoms with E-state index >= 15 is 0 Å². The maximum atomic E-state index is 14.8. The number of benzene rings is 2. The van der Waals surface area contributed by atoms with Crippen LogP contribution in [-0.2, 0) is 29.5 Å². The summed E-state index contributed by atoms with van der Waals surface area (Å²) in [5.41, 5.74) is 0.184. The molecule has 0 atom stereocenters. The number of aromatic nitrogens is 2. The van der Waals surface area contributed by atoms with E-state index in [2.05, 4.69) is 25.8 Å². The fourth-order valence-electron chi connectivity index (χ4n) is 5.51. The topological polar surface area (TPSA) is 162 Å². The van der Waals surface area contributed by atoms with E-state index in [1.807, 2.05) is 60.7 Å². The first-order valence-electron chi connectivity index (χ1n) is 18.5. The minimum absolute atomic E-state index is 0.0560. The Kier molecular flexibility index (Phi) is 12.6. The molecule has 5 rings (SSSR count). The Balaban J connectivity index is 1.78. The third-order valence-corrected chi connectivity index (χ3v) is 12.6. The molecule has 0 aliphatic carbocycles. The van der Waals surface area contributed by atoms with Crippen LogP contribution in [0.1, 0.15) is 87.1 Å². The number of rotatable bonds is 4. The summed E-state index contributed by atoms with van der Waals surface area (Å²) in [6.45, 7) is 16.3. The highest BCUT2D eigenvalue weighted by atomic mass is 32.2. The number of allylic oxidation sites excluding steroid dienone is 1. The predicted octanol–water partition coefficient (Wildman–Crippen LogP) is 9.70. The molecule has 0 radical (unpaired) electrons. The van der Waals surface area contributed by atoms with Crippen LogP contribution < -0.4 is 13.3 Å². The van der Waals surface area contributed by atoms with Crippen molar-refractivity contribution in [2.75, 3.05) is 21.0 Å². The van der Waals surface area contributed by atoms with Gasteiger partial charge in [0.25, 0.3) is 10.0 Å². The van der Waals surface area contributed by atoms with Crippen molar-refractivity contribution in [1.82, 2.24) is 9.97 Å². The number of sulfonamides is 2. The van der Waals surface area contributed by atoms with Gasteiger partial charge in [-0.25, -0.2) is 28.0 Å². The average molecular weight is 839 g/mol. The fourth-order valence-corrected chi connectivity index (χ4v) is 9.38. The van der Waals surface area contributed by atoms with Crippen LogP contribution in [0.25, 0.3) is 27.8 Å². The lowest BCUT2D eigenvalue weighted by atomic mass is 9.93. The molecule has 0 spiro atoms. The van der Waals surface area contributed by atoms with E-state index in [0.717, 1.165) is 23.8 Å². The van der Waals surface area contributed by atoms with Gasteiger partial charge in [0.1, 0.15) is 17.0 Å². The number of hydrogen-bond acceptors (Lipinski definition) is 12. The van der Waals surface area contributed by atoms with E-state index in [4.69, 9.17) is 19.2 Å². The zero-order valence-corrected chi connectivity index (χ0v) is 36.2. The van der Waals surface area contributed by atoms with Crippen molar-refractivity contribution in [2.45, 2.75) is 97.8 Å². The number of carbonyl (C=O) groups is 2. The Morgan fingerprint density at radius 3 is 2.11 bits per heavy atom. The maximum Gasteiger partial charge on any atom is 0.431 e. The number of amides is 2. The van der Waals surface area contributed by atoms with Gasteiger partial charge in [0.15, 0.2) is 10.8 Å². The Hall–Kier alpha value is -4.80. The van der Waals surface area contributed by atoms with E-state index in [9.17, 15) is 26.4 Å². The molecule has 0 saturated carbocycles. The highest BCUT2D eigenvalue weighted by Crippen LogP contribution is 2.44. The van der Waals surface area contributed by atoms with Crippen LogP contribution in [0.3, 0.4) is 0 Å². The Labute approximate surface area is 339 Å². The van der Waals surface area contributed by atoms with Gasteiger partial charge in [0, 0.05) is 5.56 Å². The molecule has 2 aromatic carbocycles. The van der Waals surface area contributed by atoms with Crippen LogP contribution in [-0.4, -0.2) is 62.6 Å². The van der Waals surface area contributed by atoms with Crippen molar-refractivity contribution in [3.8, 4) is 27.4 Å². The number of anilines is 2. The largest absolute Gasteiger partial charge is 0.494 e. The zero-order valence-electron chi connectivity index (χ0n) is 33.7. The SMILES string of the molecule is CC(C)(C)CCOc1cccc(-c2sc3nc2-c2ccccc2/C=C/CCCS(=O)(=O)N(C(=O)OC(C)(C)C)c2cccc(n2)S(=O)(=O)N3C(=O)OC(C)(C)C)c1. The number of thiazole rings is 1. The molecule has 0 N–H and O–H groups in total. The first-order valence-corrected chi connectivity index (χ1v) is 22.3. The third-order valence-electron chi connectivity index (χ3n) is 8.11. The number of fused-ring (bicyclic) bond motifs is 6. The Morgan fingerprint density at radius 2 is 1.44 bits per heavy atom. The summed E-state index contributed by atoms with van der Waals surface area (Å²) in [5, 5.41) is -1.01. The van der Waals surface area contributed by atoms with Gasteiger partial charge in [-0.3, -0.25) is 0 Å². The van der Waals surface area contributed by atoms with Gasteiger partial charge in [0.2, 0.25) is 15.2 Å². The molecule has 57 heavy (non-hydrogen) atoms. The molecule has 16 heteroatoms. The third kappa shape index (κ3) is 11.0. The maximum absolute atomic E-state index is 14.8. The monoisotopic (exact) mass is 838 g/mol. The number of ether oxygens (including phenoxy) is 3. The lowest BCUT2D eigenvalue weighted by Crippen LogP contribution is -2.43. The second-order valence-corrected chi connectivity index (χ2v) is 21.3. The van der Waals surface area contributed by atoms with Crippen molar-refractivity contribution < 1.29 is 40.6 Å². The van der Waals surface area contributed by atoms with E-state index in [1.165, 1.54) is 12.1 Å². The summed E-state index contributed by atoms with van der Waals surface area (Å²) in [6.07, 6.45) is 2.33. The smallest absolute Gasteiger partial charge is 0.431 e. The second-order valence-electron chi connectivity index (χ2n) is 16.6. The van der Waals surface area contributed by atoms with Crippen molar-refractivity contribution >= 4 is 60.6 Å². The van der Waals surface area contributed by atoms with Crippen LogP contribution in [0, 0.1) is 5.41 Å². The number of carbonyl (C=O) groups excluding carboxylic acids is 2. The molecule has 1 aliphatic heterocycles. The van der Waals surface area contributed by atoms with Gasteiger partial charge < -0.3 is 14.2 Å². The van der Waals surface area contributed by atoms with E-state index < -0.39 is 60.0 Å². The molecule has 2 aromatic heterocycles. The minimum Gasteiger partial charge on any atom is -0.494 e. The molecule has 0 unspecified atom stereocenters. The Morgan fingerprint density at radius 1 is 0.789 bits per heavy atom. The van der Waals surface area contributed by atoms with E-state index in [-0.39, 0.29) is 17.0 Å². The van der Waals surface area contributed by atoms with Crippen LogP contribution in [0.2, 0.25) is 0 Å². The summed E-state index contributed by atoms with van der Waals surface area (Å²) in [7, 11) is -9.49. The predicted molar refractivity (Wildman–Crippen MR) is 223 cm³/mol. The van der Waals surface area contributed by atoms with Crippen LogP contribution >= 0.6 is 11.3 Å². The Bertz CT molecular complexity index is 2370. The molecular weight excluding hydrogens is 789 g/mol. The first kappa shape index (κ1) is 43.3. The minimum atomic E-state index is -5.02. The van der Waals surface area contributed by atoms with Gasteiger partial charge in [-0.15, -0.1) is 4.31 Å².